The van der Waals surface area contributed by atoms with Gasteiger partial charge in [0.1, 0.15) is 0 Å². The zero-order valence-corrected chi connectivity index (χ0v) is 13.9. The molecule has 1 heterocycles. The number of rotatable bonds is 5. The van der Waals surface area contributed by atoms with E-state index in [-0.39, 0.29) is 0 Å². The molecule has 1 amide bonds. The lowest BCUT2D eigenvalue weighted by atomic mass is 9.87. The normalized spacial score (nSPS) is 31.1. The van der Waals surface area contributed by atoms with Crippen LogP contribution in [-0.4, -0.2) is 55.0 Å². The second-order valence-corrected chi connectivity index (χ2v) is 7.24. The zero-order chi connectivity index (χ0) is 15.2. The van der Waals surface area contributed by atoms with E-state index >= 15 is 0 Å². The van der Waals surface area contributed by atoms with Crippen molar-refractivity contribution in [2.75, 3.05) is 33.2 Å². The molecular weight excluding hydrogens is 262 g/mol. The van der Waals surface area contributed by atoms with Gasteiger partial charge in [0.25, 0.3) is 0 Å². The lowest BCUT2D eigenvalue weighted by Gasteiger charge is -2.37. The molecule has 1 aliphatic heterocycles. The van der Waals surface area contributed by atoms with Crippen LogP contribution in [0.5, 0.6) is 0 Å². The van der Waals surface area contributed by atoms with Gasteiger partial charge in [0.15, 0.2) is 0 Å². The van der Waals surface area contributed by atoms with Gasteiger partial charge < -0.3 is 10.6 Å². The molecule has 2 fully saturated rings. The van der Waals surface area contributed by atoms with E-state index in [9.17, 15) is 4.79 Å². The van der Waals surface area contributed by atoms with E-state index < -0.39 is 0 Å². The summed E-state index contributed by atoms with van der Waals surface area (Å²) in [4.78, 5) is 16.9. The number of likely N-dealkylation sites (tertiary alicyclic amines) is 1. The molecule has 0 aromatic rings. The van der Waals surface area contributed by atoms with E-state index in [4.69, 9.17) is 5.73 Å². The van der Waals surface area contributed by atoms with Crippen LogP contribution in [0.1, 0.15) is 51.9 Å². The van der Waals surface area contributed by atoms with Gasteiger partial charge in [0, 0.05) is 19.6 Å². The second kappa shape index (κ2) is 8.14. The third kappa shape index (κ3) is 4.96. The van der Waals surface area contributed by atoms with E-state index in [1.165, 1.54) is 38.5 Å². The van der Waals surface area contributed by atoms with Crippen molar-refractivity contribution in [1.82, 2.24) is 9.80 Å². The molecule has 1 saturated carbocycles. The molecule has 1 aliphatic carbocycles. The fourth-order valence-electron chi connectivity index (χ4n) is 3.90. The molecule has 1 atom stereocenters. The van der Waals surface area contributed by atoms with Gasteiger partial charge in [0.05, 0.1) is 6.54 Å². The van der Waals surface area contributed by atoms with Gasteiger partial charge in [-0.25, -0.2) is 0 Å². The fourth-order valence-corrected chi connectivity index (χ4v) is 3.90. The first-order valence-electron chi connectivity index (χ1n) is 8.78. The minimum absolute atomic E-state index is 0.308. The summed E-state index contributed by atoms with van der Waals surface area (Å²) in [6.45, 7) is 5.82. The molecule has 0 aromatic carbocycles. The molecule has 2 rings (SSSR count). The minimum atomic E-state index is 0.308. The maximum atomic E-state index is 12.5. The number of amides is 1. The van der Waals surface area contributed by atoms with Crippen molar-refractivity contribution in [2.45, 2.75) is 57.9 Å². The van der Waals surface area contributed by atoms with Gasteiger partial charge in [-0.2, -0.15) is 0 Å². The minimum Gasteiger partial charge on any atom is -0.342 e. The number of hydrogen-bond donors (Lipinski definition) is 1. The molecule has 0 bridgehead atoms. The van der Waals surface area contributed by atoms with Crippen molar-refractivity contribution >= 4 is 5.91 Å². The lowest BCUT2D eigenvalue weighted by molar-refractivity contribution is -0.134. The first kappa shape index (κ1) is 16.8. The molecule has 2 N–H and O–H groups in total. The van der Waals surface area contributed by atoms with Crippen molar-refractivity contribution in [1.29, 1.82) is 0 Å². The number of hydrogen-bond acceptors (Lipinski definition) is 3. The Morgan fingerprint density at radius 2 is 1.95 bits per heavy atom. The smallest absolute Gasteiger partial charge is 0.236 e. The molecule has 122 valence electrons. The molecule has 4 heteroatoms. The highest BCUT2D eigenvalue weighted by Gasteiger charge is 2.27. The van der Waals surface area contributed by atoms with Crippen LogP contribution in [0.15, 0.2) is 0 Å². The molecule has 0 aromatic heterocycles. The van der Waals surface area contributed by atoms with Gasteiger partial charge in [-0.3, -0.25) is 9.69 Å². The largest absolute Gasteiger partial charge is 0.342 e. The van der Waals surface area contributed by atoms with Crippen molar-refractivity contribution in [3.8, 4) is 0 Å². The molecular formula is C17H33N3O. The van der Waals surface area contributed by atoms with Crippen LogP contribution in [-0.2, 0) is 4.79 Å². The van der Waals surface area contributed by atoms with E-state index in [0.717, 1.165) is 32.0 Å². The van der Waals surface area contributed by atoms with Crippen LogP contribution in [0.4, 0.5) is 0 Å². The summed E-state index contributed by atoms with van der Waals surface area (Å²) < 4.78 is 0. The summed E-state index contributed by atoms with van der Waals surface area (Å²) >= 11 is 0. The molecule has 21 heavy (non-hydrogen) atoms. The van der Waals surface area contributed by atoms with Crippen LogP contribution < -0.4 is 5.73 Å². The summed E-state index contributed by atoms with van der Waals surface area (Å²) in [6.07, 6.45) is 8.48. The summed E-state index contributed by atoms with van der Waals surface area (Å²) in [5, 5.41) is 0. The van der Waals surface area contributed by atoms with Crippen LogP contribution in [0.2, 0.25) is 0 Å². The Morgan fingerprint density at radius 3 is 2.62 bits per heavy atom. The number of carbonyl (C=O) groups excluding carboxylic acids is 1. The topological polar surface area (TPSA) is 49.6 Å². The van der Waals surface area contributed by atoms with Crippen LogP contribution in [0.25, 0.3) is 0 Å². The highest BCUT2D eigenvalue weighted by molar-refractivity contribution is 5.78. The predicted molar refractivity (Wildman–Crippen MR) is 87.0 cm³/mol. The van der Waals surface area contributed by atoms with E-state index in [0.29, 0.717) is 24.4 Å². The summed E-state index contributed by atoms with van der Waals surface area (Å²) in [5.41, 5.74) is 5.67. The van der Waals surface area contributed by atoms with Crippen molar-refractivity contribution in [3.05, 3.63) is 0 Å². The van der Waals surface area contributed by atoms with Gasteiger partial charge in [0.2, 0.25) is 5.91 Å². The first-order valence-corrected chi connectivity index (χ1v) is 8.78. The van der Waals surface area contributed by atoms with Crippen LogP contribution >= 0.6 is 0 Å². The molecule has 2 aliphatic rings. The van der Waals surface area contributed by atoms with Crippen LogP contribution in [0.3, 0.4) is 0 Å². The number of nitrogens with two attached hydrogens (primary N) is 1. The molecule has 0 spiro atoms. The monoisotopic (exact) mass is 295 g/mol. The third-order valence-corrected chi connectivity index (χ3v) is 5.46. The maximum absolute atomic E-state index is 12.5. The Kier molecular flexibility index (Phi) is 6.49. The number of carbonyl (C=O) groups is 1. The number of nitrogens with zero attached hydrogens (tertiary/aromatic N) is 2. The van der Waals surface area contributed by atoms with Gasteiger partial charge in [-0.05, 0) is 69.9 Å². The SMILES string of the molecule is CC1CCC(N(C)C(=O)CN2CCCC(CCN)C2)CC1. The van der Waals surface area contributed by atoms with Crippen LogP contribution in [0, 0.1) is 11.8 Å². The maximum Gasteiger partial charge on any atom is 0.236 e. The molecule has 1 unspecified atom stereocenters. The third-order valence-electron chi connectivity index (χ3n) is 5.46. The van der Waals surface area contributed by atoms with E-state index in [2.05, 4.69) is 11.8 Å². The number of likely N-dealkylation sites (N-methyl/N-ethyl adjacent to an activating group) is 1. The Labute approximate surface area is 130 Å². The summed E-state index contributed by atoms with van der Waals surface area (Å²) in [7, 11) is 2.00. The van der Waals surface area contributed by atoms with Crippen molar-refractivity contribution < 1.29 is 4.79 Å². The zero-order valence-electron chi connectivity index (χ0n) is 13.9. The fraction of sp³-hybridized carbons (Fsp3) is 0.941. The van der Waals surface area contributed by atoms with Gasteiger partial charge in [-0.1, -0.05) is 6.92 Å². The standard InChI is InChI=1S/C17H33N3O/c1-14-5-7-16(8-6-14)19(2)17(21)13-20-11-3-4-15(12-20)9-10-18/h14-16H,3-13,18H2,1-2H3. The average molecular weight is 295 g/mol. The molecule has 1 saturated heterocycles. The molecule has 0 radical (unpaired) electrons. The predicted octanol–water partition coefficient (Wildman–Crippen LogP) is 2.08. The van der Waals surface area contributed by atoms with Gasteiger partial charge >= 0.3 is 0 Å². The number of piperidine rings is 1. The van der Waals surface area contributed by atoms with Crippen molar-refractivity contribution in [2.24, 2.45) is 17.6 Å². The van der Waals surface area contributed by atoms with Crippen molar-refractivity contribution in [3.63, 3.8) is 0 Å². The Morgan fingerprint density at radius 1 is 1.24 bits per heavy atom. The van der Waals surface area contributed by atoms with Gasteiger partial charge in [-0.15, -0.1) is 0 Å². The first-order chi connectivity index (χ1) is 10.1. The second-order valence-electron chi connectivity index (χ2n) is 7.24. The molecule has 4 nitrogen and oxygen atoms in total. The average Bonchev–Trinajstić information content (AvgIpc) is 2.48. The van der Waals surface area contributed by atoms with E-state index in [1.54, 1.807) is 0 Å². The highest BCUT2D eigenvalue weighted by atomic mass is 16.2. The summed E-state index contributed by atoms with van der Waals surface area (Å²) in [6, 6.07) is 0.471. The summed E-state index contributed by atoms with van der Waals surface area (Å²) in [5.74, 6) is 1.84. The van der Waals surface area contributed by atoms with E-state index in [1.807, 2.05) is 11.9 Å². The quantitative estimate of drug-likeness (QED) is 0.845. The lowest BCUT2D eigenvalue weighted by Crippen LogP contribution is -2.47. The Hall–Kier alpha value is -0.610. The Bertz CT molecular complexity index is 324. The Balaban J connectivity index is 1.77. The highest BCUT2D eigenvalue weighted by Crippen LogP contribution is 2.26.